The molecule has 1 aliphatic rings. The number of hydrogen-bond donors (Lipinski definition) is 2. The fourth-order valence-electron chi connectivity index (χ4n) is 1.92. The number of sulfonamides is 1. The van der Waals surface area contributed by atoms with Crippen LogP contribution < -0.4 is 11.1 Å². The summed E-state index contributed by atoms with van der Waals surface area (Å²) in [6, 6.07) is 0. The van der Waals surface area contributed by atoms with Crippen molar-refractivity contribution < 1.29 is 17.2 Å². The van der Waals surface area contributed by atoms with Crippen LogP contribution in [0.25, 0.3) is 0 Å². The first kappa shape index (κ1) is 20.5. The minimum atomic E-state index is -4.45. The first-order chi connectivity index (χ1) is 9.37. The number of nitrogens with two attached hydrogens (primary N) is 1. The number of guanidine groups is 1. The van der Waals surface area contributed by atoms with Crippen molar-refractivity contribution in [3.8, 4) is 0 Å². The lowest BCUT2D eigenvalue weighted by Crippen LogP contribution is -2.42. The number of nitrogens with zero attached hydrogens (tertiary/aromatic N) is 2. The third kappa shape index (κ3) is 6.43. The van der Waals surface area contributed by atoms with Crippen molar-refractivity contribution >= 4 is 40.0 Å². The number of nitrogens with one attached hydrogen (secondary N) is 1. The molecule has 0 unspecified atom stereocenters. The van der Waals surface area contributed by atoms with E-state index in [2.05, 4.69) is 16.9 Å². The molecule has 0 atom stereocenters. The van der Waals surface area contributed by atoms with Crippen LogP contribution in [0.3, 0.4) is 0 Å². The monoisotopic (exact) mass is 438 g/mol. The lowest BCUT2D eigenvalue weighted by molar-refractivity contribution is 0.205. The summed E-state index contributed by atoms with van der Waals surface area (Å²) in [5.74, 6) is -2.90. The van der Waals surface area contributed by atoms with Crippen molar-refractivity contribution in [2.75, 3.05) is 26.2 Å². The summed E-state index contributed by atoms with van der Waals surface area (Å²) in [7, 11) is -4.45. The molecule has 3 N–H and O–H groups in total. The summed E-state index contributed by atoms with van der Waals surface area (Å²) in [6.07, 6.45) is 2.66. The smallest absolute Gasteiger partial charge is 0.350 e. The first-order valence-corrected chi connectivity index (χ1v) is 7.80. The van der Waals surface area contributed by atoms with Crippen molar-refractivity contribution in [2.24, 2.45) is 16.6 Å². The van der Waals surface area contributed by atoms with E-state index in [1.54, 1.807) is 6.08 Å². The maximum absolute atomic E-state index is 12.4. The number of aliphatic imine (C=N–C) groups is 1. The third-order valence-corrected chi connectivity index (χ3v) is 4.64. The standard InChI is InChI=1S/C11H20F2N4O2S.HI/c1-2-5-15-11(14)16-8-9-3-6-17(7-4-9)20(18,19)10(12)13;/h2,9-10H,1,3-8H2,(H3,14,15,16);1H. The molecule has 1 aliphatic heterocycles. The Balaban J connectivity index is 0.00000400. The Morgan fingerprint density at radius 2 is 2.05 bits per heavy atom. The van der Waals surface area contributed by atoms with Crippen molar-refractivity contribution in [3.05, 3.63) is 12.7 Å². The summed E-state index contributed by atoms with van der Waals surface area (Å²) in [5, 5.41) is 2.82. The molecule has 0 aromatic rings. The second-order valence-electron chi connectivity index (χ2n) is 4.54. The summed E-state index contributed by atoms with van der Waals surface area (Å²) < 4.78 is 48.2. The van der Waals surface area contributed by atoms with E-state index in [-0.39, 0.29) is 43.0 Å². The molecule has 0 saturated carbocycles. The summed E-state index contributed by atoms with van der Waals surface area (Å²) in [5.41, 5.74) is 5.60. The van der Waals surface area contributed by atoms with Gasteiger partial charge in [-0.05, 0) is 18.8 Å². The van der Waals surface area contributed by atoms with Crippen LogP contribution in [0.15, 0.2) is 17.6 Å². The number of halogens is 3. The first-order valence-electron chi connectivity index (χ1n) is 6.29. The predicted octanol–water partition coefficient (Wildman–Crippen LogP) is 0.959. The molecule has 1 fully saturated rings. The molecule has 10 heteroatoms. The molecule has 0 bridgehead atoms. The topological polar surface area (TPSA) is 87.8 Å². The highest BCUT2D eigenvalue weighted by atomic mass is 127. The van der Waals surface area contributed by atoms with Crippen LogP contribution in [0.4, 0.5) is 8.78 Å². The van der Waals surface area contributed by atoms with Gasteiger partial charge in [-0.3, -0.25) is 4.99 Å². The highest BCUT2D eigenvalue weighted by Gasteiger charge is 2.34. The van der Waals surface area contributed by atoms with Crippen LogP contribution in [0.1, 0.15) is 12.8 Å². The molecule has 0 aromatic carbocycles. The van der Waals surface area contributed by atoms with E-state index in [9.17, 15) is 17.2 Å². The molecular weight excluding hydrogens is 417 g/mol. The van der Waals surface area contributed by atoms with E-state index < -0.39 is 15.8 Å². The molecule has 0 radical (unpaired) electrons. The Labute approximate surface area is 140 Å². The number of alkyl halides is 2. The average molecular weight is 438 g/mol. The maximum atomic E-state index is 12.4. The average Bonchev–Trinajstić information content (AvgIpc) is 2.43. The van der Waals surface area contributed by atoms with Crippen molar-refractivity contribution in [1.29, 1.82) is 0 Å². The van der Waals surface area contributed by atoms with Crippen LogP contribution >= 0.6 is 24.0 Å². The van der Waals surface area contributed by atoms with Gasteiger partial charge in [-0.25, -0.2) is 8.42 Å². The van der Waals surface area contributed by atoms with Crippen molar-refractivity contribution in [3.63, 3.8) is 0 Å². The Kier molecular flexibility index (Phi) is 9.29. The molecule has 21 heavy (non-hydrogen) atoms. The SMILES string of the molecule is C=CCNC(N)=NCC1CCN(S(=O)(=O)C(F)F)CC1.I. The maximum Gasteiger partial charge on any atom is 0.350 e. The van der Waals surface area contributed by atoms with E-state index in [0.717, 1.165) is 4.31 Å². The molecule has 0 amide bonds. The molecule has 0 spiro atoms. The summed E-state index contributed by atoms with van der Waals surface area (Å²) >= 11 is 0. The van der Waals surface area contributed by atoms with Crippen LogP contribution in [0, 0.1) is 5.92 Å². The molecule has 0 aliphatic carbocycles. The third-order valence-electron chi connectivity index (χ3n) is 3.11. The van der Waals surface area contributed by atoms with Gasteiger partial charge < -0.3 is 11.1 Å². The zero-order chi connectivity index (χ0) is 15.2. The van der Waals surface area contributed by atoms with Gasteiger partial charge in [0.25, 0.3) is 10.0 Å². The zero-order valence-corrected chi connectivity index (χ0v) is 14.7. The van der Waals surface area contributed by atoms with Crippen LogP contribution in [0.5, 0.6) is 0 Å². The Morgan fingerprint density at radius 3 is 2.52 bits per heavy atom. The van der Waals surface area contributed by atoms with Gasteiger partial charge in [-0.15, -0.1) is 30.6 Å². The van der Waals surface area contributed by atoms with Crippen molar-refractivity contribution in [2.45, 2.75) is 18.6 Å². The minimum Gasteiger partial charge on any atom is -0.370 e. The van der Waals surface area contributed by atoms with E-state index in [1.165, 1.54) is 0 Å². The lowest BCUT2D eigenvalue weighted by atomic mass is 9.98. The molecule has 6 nitrogen and oxygen atoms in total. The minimum absolute atomic E-state index is 0. The molecule has 1 saturated heterocycles. The zero-order valence-electron chi connectivity index (χ0n) is 11.5. The molecule has 1 rings (SSSR count). The Hall–Kier alpha value is -0.490. The predicted molar refractivity (Wildman–Crippen MR) is 89.3 cm³/mol. The second kappa shape index (κ2) is 9.51. The van der Waals surface area contributed by atoms with Gasteiger partial charge in [0.15, 0.2) is 5.96 Å². The van der Waals surface area contributed by atoms with E-state index >= 15 is 0 Å². The molecule has 1 heterocycles. The van der Waals surface area contributed by atoms with Crippen LogP contribution in [-0.4, -0.2) is 50.6 Å². The normalized spacial score (nSPS) is 18.3. The number of rotatable bonds is 6. The lowest BCUT2D eigenvalue weighted by Gasteiger charge is -2.30. The van der Waals surface area contributed by atoms with Crippen LogP contribution in [0.2, 0.25) is 0 Å². The number of piperidine rings is 1. The Morgan fingerprint density at radius 1 is 1.48 bits per heavy atom. The van der Waals surface area contributed by atoms with Gasteiger partial charge in [0.1, 0.15) is 0 Å². The van der Waals surface area contributed by atoms with Gasteiger partial charge >= 0.3 is 5.76 Å². The number of hydrogen-bond acceptors (Lipinski definition) is 3. The van der Waals surface area contributed by atoms with Gasteiger partial charge in [0.05, 0.1) is 0 Å². The highest BCUT2D eigenvalue weighted by molar-refractivity contribution is 14.0. The quantitative estimate of drug-likeness (QED) is 0.280. The van der Waals surface area contributed by atoms with E-state index in [4.69, 9.17) is 5.73 Å². The molecule has 0 aromatic heterocycles. The Bertz CT molecular complexity index is 451. The summed E-state index contributed by atoms with van der Waals surface area (Å²) in [4.78, 5) is 4.13. The van der Waals surface area contributed by atoms with E-state index in [0.29, 0.717) is 31.9 Å². The van der Waals surface area contributed by atoms with Gasteiger partial charge in [-0.1, -0.05) is 6.08 Å². The van der Waals surface area contributed by atoms with Crippen LogP contribution in [-0.2, 0) is 10.0 Å². The van der Waals surface area contributed by atoms with Gasteiger partial charge in [0.2, 0.25) is 0 Å². The highest BCUT2D eigenvalue weighted by Crippen LogP contribution is 2.22. The fraction of sp³-hybridized carbons (Fsp3) is 0.727. The van der Waals surface area contributed by atoms with Crippen molar-refractivity contribution in [1.82, 2.24) is 9.62 Å². The van der Waals surface area contributed by atoms with Gasteiger partial charge in [0, 0.05) is 26.2 Å². The van der Waals surface area contributed by atoms with Gasteiger partial charge in [-0.2, -0.15) is 13.1 Å². The molecule has 124 valence electrons. The second-order valence-corrected chi connectivity index (χ2v) is 6.45. The molecular formula is C11H21F2IN4O2S. The largest absolute Gasteiger partial charge is 0.370 e. The summed E-state index contributed by atoms with van der Waals surface area (Å²) in [6.45, 7) is 4.71. The van der Waals surface area contributed by atoms with E-state index in [1.807, 2.05) is 0 Å². The fourth-order valence-corrected chi connectivity index (χ4v) is 2.86.